The van der Waals surface area contributed by atoms with Crippen LogP contribution in [0.25, 0.3) is 5.69 Å². The van der Waals surface area contributed by atoms with E-state index in [2.05, 4.69) is 43.9 Å². The van der Waals surface area contributed by atoms with E-state index in [0.29, 0.717) is 5.41 Å². The first-order valence-electron chi connectivity index (χ1n) is 8.87. The first-order chi connectivity index (χ1) is 12.7. The summed E-state index contributed by atoms with van der Waals surface area (Å²) in [7, 11) is 0. The summed E-state index contributed by atoms with van der Waals surface area (Å²) < 4.78 is 2.08. The van der Waals surface area contributed by atoms with E-state index in [1.54, 1.807) is 11.1 Å². The Morgan fingerprint density at radius 3 is 3.00 bits per heavy atom. The second-order valence-corrected chi connectivity index (χ2v) is 7.60. The topological polar surface area (TPSA) is 67.4 Å². The molecule has 0 radical (unpaired) electrons. The molecule has 0 bridgehead atoms. The van der Waals surface area contributed by atoms with Crippen LogP contribution in [0.5, 0.6) is 0 Å². The van der Waals surface area contributed by atoms with Crippen molar-refractivity contribution >= 4 is 12.2 Å². The van der Waals surface area contributed by atoms with Crippen molar-refractivity contribution in [2.24, 2.45) is 10.4 Å². The first kappa shape index (κ1) is 14.1. The highest BCUT2D eigenvalue weighted by Gasteiger charge is 2.40. The van der Waals surface area contributed by atoms with Gasteiger partial charge in [-0.2, -0.15) is 5.12 Å². The fraction of sp³-hybridized carbons (Fsp3) is 0.333. The molecule has 1 saturated carbocycles. The highest BCUT2D eigenvalue weighted by Crippen LogP contribution is 2.47. The average molecular weight is 346 g/mol. The van der Waals surface area contributed by atoms with Crippen LogP contribution in [-0.4, -0.2) is 31.0 Å². The van der Waals surface area contributed by atoms with Gasteiger partial charge in [-0.15, -0.1) is 9.89 Å². The molecule has 1 aliphatic carbocycles. The van der Waals surface area contributed by atoms with Crippen LogP contribution < -0.4 is 10.1 Å². The molecule has 4 heterocycles. The number of anilines is 1. The van der Waals surface area contributed by atoms with Crippen molar-refractivity contribution in [2.45, 2.75) is 32.4 Å². The number of para-hydroxylation sites is 1. The largest absolute Gasteiger partial charge is 0.284 e. The molecule has 0 N–H and O–H groups in total. The maximum atomic E-state index is 4.73. The van der Waals surface area contributed by atoms with Crippen LogP contribution in [0.15, 0.2) is 48.0 Å². The minimum Gasteiger partial charge on any atom is -0.284 e. The second kappa shape index (κ2) is 4.72. The summed E-state index contributed by atoms with van der Waals surface area (Å²) in [5, 5.41) is 12.7. The number of rotatable bonds is 3. The van der Waals surface area contributed by atoms with Crippen LogP contribution in [0.4, 0.5) is 5.82 Å². The number of hydrogen-bond acceptors (Lipinski definition) is 6. The zero-order valence-corrected chi connectivity index (χ0v) is 14.4. The van der Waals surface area contributed by atoms with E-state index in [-0.39, 0.29) is 6.17 Å². The van der Waals surface area contributed by atoms with Gasteiger partial charge in [0.05, 0.1) is 23.8 Å². The third-order valence-corrected chi connectivity index (χ3v) is 5.54. The van der Waals surface area contributed by atoms with Gasteiger partial charge in [-0.05, 0) is 36.0 Å². The van der Waals surface area contributed by atoms with Crippen molar-refractivity contribution in [3.8, 4) is 5.69 Å². The summed E-state index contributed by atoms with van der Waals surface area (Å²) in [6.45, 7) is 2.31. The molecular formula is C18H18N8. The second-order valence-electron chi connectivity index (χ2n) is 7.60. The third kappa shape index (κ3) is 1.89. The Labute approximate surface area is 150 Å². The molecule has 1 fully saturated rings. The predicted octanol–water partition coefficient (Wildman–Crippen LogP) is 2.22. The number of aliphatic imine (C=N–C) groups is 1. The van der Waals surface area contributed by atoms with Gasteiger partial charge in [0.1, 0.15) is 12.7 Å². The number of imidazole rings is 1. The Bertz CT molecular complexity index is 1030. The zero-order chi connectivity index (χ0) is 17.3. The van der Waals surface area contributed by atoms with Gasteiger partial charge in [-0.25, -0.2) is 15.0 Å². The number of fused-ring (bicyclic) bond motifs is 6. The fourth-order valence-electron chi connectivity index (χ4n) is 3.81. The fourth-order valence-corrected chi connectivity index (χ4v) is 3.81. The van der Waals surface area contributed by atoms with E-state index in [1.807, 2.05) is 36.0 Å². The van der Waals surface area contributed by atoms with Crippen LogP contribution in [0.1, 0.15) is 37.2 Å². The lowest BCUT2D eigenvalue weighted by molar-refractivity contribution is 0.540. The van der Waals surface area contributed by atoms with Crippen LogP contribution >= 0.6 is 0 Å². The van der Waals surface area contributed by atoms with Gasteiger partial charge in [0.25, 0.3) is 0 Å². The molecule has 0 amide bonds. The van der Waals surface area contributed by atoms with Crippen molar-refractivity contribution in [2.75, 3.05) is 10.1 Å². The summed E-state index contributed by atoms with van der Waals surface area (Å²) in [6, 6.07) is 8.29. The normalized spacial score (nSPS) is 21.5. The van der Waals surface area contributed by atoms with Gasteiger partial charge >= 0.3 is 0 Å². The molecular weight excluding hydrogens is 328 g/mol. The van der Waals surface area contributed by atoms with Crippen LogP contribution in [0, 0.1) is 5.41 Å². The lowest BCUT2D eigenvalue weighted by Gasteiger charge is -2.36. The van der Waals surface area contributed by atoms with Gasteiger partial charge in [0.15, 0.2) is 12.0 Å². The Hall–Kier alpha value is -3.16. The average Bonchev–Trinajstić information content (AvgIpc) is 3.11. The maximum absolute atomic E-state index is 4.73. The maximum Gasteiger partial charge on any atom is 0.173 e. The molecule has 0 saturated heterocycles. The Morgan fingerprint density at radius 2 is 2.12 bits per heavy atom. The summed E-state index contributed by atoms with van der Waals surface area (Å²) in [6.07, 6.45) is 10.9. The monoisotopic (exact) mass is 346 g/mol. The van der Waals surface area contributed by atoms with Gasteiger partial charge in [-0.1, -0.05) is 25.1 Å². The summed E-state index contributed by atoms with van der Waals surface area (Å²) >= 11 is 0. The number of hydrogen-bond donors (Lipinski definition) is 0. The van der Waals surface area contributed by atoms with Gasteiger partial charge in [0, 0.05) is 5.56 Å². The molecule has 26 heavy (non-hydrogen) atoms. The minimum atomic E-state index is -0.121. The highest BCUT2D eigenvalue weighted by atomic mass is 15.9. The summed E-state index contributed by atoms with van der Waals surface area (Å²) in [5.74, 6) is 0.956. The number of hydrazine groups is 1. The van der Waals surface area contributed by atoms with Gasteiger partial charge in [-0.3, -0.25) is 4.57 Å². The number of nitrogens with zero attached hydrogens (tertiary/aromatic N) is 8. The molecule has 2 aromatic heterocycles. The molecule has 8 heteroatoms. The van der Waals surface area contributed by atoms with Crippen molar-refractivity contribution < 1.29 is 0 Å². The molecule has 0 spiro atoms. The van der Waals surface area contributed by atoms with Crippen molar-refractivity contribution in [1.82, 2.24) is 24.7 Å². The van der Waals surface area contributed by atoms with Crippen molar-refractivity contribution in [3.63, 3.8) is 0 Å². The quantitative estimate of drug-likeness (QED) is 0.727. The smallest absolute Gasteiger partial charge is 0.173 e. The standard InChI is InChI=1S/C18H18N8/c1-18(6-7-18)8-13-10-24(22-21-13)25-12-20-17-14-4-2-3-5-15(14)23-11-19-9-16(23)26(17)25/h2-5,9-12,17H,6-8H2,1H3. The van der Waals surface area contributed by atoms with E-state index >= 15 is 0 Å². The van der Waals surface area contributed by atoms with E-state index in [0.717, 1.165) is 29.2 Å². The summed E-state index contributed by atoms with van der Waals surface area (Å²) in [4.78, 5) is 10.8. The van der Waals surface area contributed by atoms with Crippen molar-refractivity contribution in [1.29, 1.82) is 0 Å². The molecule has 1 aromatic carbocycles. The lowest BCUT2D eigenvalue weighted by atomic mass is 10.0. The van der Waals surface area contributed by atoms with Crippen molar-refractivity contribution in [3.05, 3.63) is 54.2 Å². The predicted molar refractivity (Wildman–Crippen MR) is 96.6 cm³/mol. The summed E-state index contributed by atoms with van der Waals surface area (Å²) in [5.41, 5.74) is 3.68. The molecule has 8 nitrogen and oxygen atoms in total. The first-order valence-corrected chi connectivity index (χ1v) is 8.87. The van der Waals surface area contributed by atoms with E-state index in [4.69, 9.17) is 4.99 Å². The van der Waals surface area contributed by atoms with E-state index in [9.17, 15) is 0 Å². The van der Waals surface area contributed by atoms with E-state index in [1.165, 1.54) is 12.8 Å². The SMILES string of the molecule is CC1(Cc2cn(N3C=NC4c5ccccc5-n5cncc5N43)nn2)CC1. The number of benzene rings is 1. The number of aromatic nitrogens is 5. The molecule has 3 aromatic rings. The molecule has 1 unspecified atom stereocenters. The van der Waals surface area contributed by atoms with Crippen LogP contribution in [0.2, 0.25) is 0 Å². The van der Waals surface area contributed by atoms with Gasteiger partial charge in [0.2, 0.25) is 0 Å². The molecule has 3 aliphatic rings. The van der Waals surface area contributed by atoms with Gasteiger partial charge < -0.3 is 0 Å². The van der Waals surface area contributed by atoms with Crippen LogP contribution in [-0.2, 0) is 6.42 Å². The molecule has 2 aliphatic heterocycles. The lowest BCUT2D eigenvalue weighted by Crippen LogP contribution is -2.49. The Balaban J connectivity index is 1.40. The molecule has 6 rings (SSSR count). The zero-order valence-electron chi connectivity index (χ0n) is 14.4. The third-order valence-electron chi connectivity index (χ3n) is 5.54. The Morgan fingerprint density at radius 1 is 1.23 bits per heavy atom. The van der Waals surface area contributed by atoms with E-state index < -0.39 is 0 Å². The minimum absolute atomic E-state index is 0.121. The van der Waals surface area contributed by atoms with Crippen LogP contribution in [0.3, 0.4) is 0 Å². The molecule has 1 atom stereocenters. The Kier molecular flexibility index (Phi) is 2.55. The molecule has 130 valence electrons. The highest BCUT2D eigenvalue weighted by molar-refractivity contribution is 5.78.